The second-order valence-corrected chi connectivity index (χ2v) is 7.19. The molecular weight excluding hydrogens is 282 g/mol. The van der Waals surface area contributed by atoms with Crippen molar-refractivity contribution in [2.75, 3.05) is 37.8 Å². The van der Waals surface area contributed by atoms with Crippen LogP contribution >= 0.6 is 11.8 Å². The van der Waals surface area contributed by atoms with Crippen LogP contribution in [-0.2, 0) is 14.9 Å². The van der Waals surface area contributed by atoms with Crippen molar-refractivity contribution in [1.29, 1.82) is 0 Å². The van der Waals surface area contributed by atoms with E-state index in [9.17, 15) is 4.79 Å². The van der Waals surface area contributed by atoms with Gasteiger partial charge in [0, 0.05) is 37.8 Å². The van der Waals surface area contributed by atoms with Gasteiger partial charge in [0.1, 0.15) is 0 Å². The summed E-state index contributed by atoms with van der Waals surface area (Å²) in [5.74, 6) is 2.44. The molecule has 2 heterocycles. The van der Waals surface area contributed by atoms with Gasteiger partial charge in [-0.15, -0.1) is 0 Å². The summed E-state index contributed by atoms with van der Waals surface area (Å²) in [6.45, 7) is 5.23. The van der Waals surface area contributed by atoms with Gasteiger partial charge in [-0.3, -0.25) is 4.79 Å². The van der Waals surface area contributed by atoms with Crippen LogP contribution in [0.25, 0.3) is 0 Å². The number of carbonyl (C=O) groups is 1. The summed E-state index contributed by atoms with van der Waals surface area (Å²) < 4.78 is 5.53. The zero-order chi connectivity index (χ0) is 14.7. The van der Waals surface area contributed by atoms with Crippen LogP contribution in [0.4, 0.5) is 0 Å². The Morgan fingerprint density at radius 2 is 1.76 bits per heavy atom. The average Bonchev–Trinajstić information content (AvgIpc) is 2.56. The first-order valence-corrected chi connectivity index (χ1v) is 8.90. The molecular formula is C17H23NO2S. The van der Waals surface area contributed by atoms with Crippen molar-refractivity contribution in [3.63, 3.8) is 0 Å². The minimum Gasteiger partial charge on any atom is -0.381 e. The number of aryl methyl sites for hydroxylation is 1. The number of thioether (sulfide) groups is 1. The molecule has 1 aromatic carbocycles. The number of benzene rings is 1. The van der Waals surface area contributed by atoms with Crippen LogP contribution in [0.2, 0.25) is 0 Å². The zero-order valence-corrected chi connectivity index (χ0v) is 13.5. The number of hydrogen-bond acceptors (Lipinski definition) is 3. The average molecular weight is 305 g/mol. The van der Waals surface area contributed by atoms with Gasteiger partial charge in [0.25, 0.3) is 0 Å². The third-order valence-electron chi connectivity index (χ3n) is 4.66. The number of rotatable bonds is 2. The largest absolute Gasteiger partial charge is 0.381 e. The molecule has 1 amide bonds. The normalized spacial score (nSPS) is 22.0. The molecule has 0 unspecified atom stereocenters. The third kappa shape index (κ3) is 2.97. The molecule has 2 saturated heterocycles. The van der Waals surface area contributed by atoms with Crippen molar-refractivity contribution in [1.82, 2.24) is 4.90 Å². The molecule has 0 saturated carbocycles. The molecule has 1 aromatic rings. The Morgan fingerprint density at radius 3 is 2.38 bits per heavy atom. The molecule has 21 heavy (non-hydrogen) atoms. The lowest BCUT2D eigenvalue weighted by molar-refractivity contribution is -0.141. The topological polar surface area (TPSA) is 29.5 Å². The standard InChI is InChI=1S/C17H23NO2S/c1-14-2-4-15(5-3-14)17(6-10-20-11-7-17)16(19)18-8-12-21-13-9-18/h2-5H,6-13H2,1H3. The van der Waals surface area contributed by atoms with E-state index in [1.165, 1.54) is 11.1 Å². The second kappa shape index (κ2) is 6.41. The lowest BCUT2D eigenvalue weighted by Crippen LogP contribution is -2.52. The van der Waals surface area contributed by atoms with E-state index in [0.717, 1.165) is 37.4 Å². The number of nitrogens with zero attached hydrogens (tertiary/aromatic N) is 1. The lowest BCUT2D eigenvalue weighted by Gasteiger charge is -2.41. The minimum absolute atomic E-state index is 0.315. The van der Waals surface area contributed by atoms with Gasteiger partial charge in [0.2, 0.25) is 5.91 Å². The van der Waals surface area contributed by atoms with Crippen molar-refractivity contribution >= 4 is 17.7 Å². The van der Waals surface area contributed by atoms with Gasteiger partial charge in [-0.1, -0.05) is 29.8 Å². The Kier molecular flexibility index (Phi) is 4.55. The van der Waals surface area contributed by atoms with Gasteiger partial charge in [0.05, 0.1) is 5.41 Å². The SMILES string of the molecule is Cc1ccc(C2(C(=O)N3CCSCC3)CCOCC2)cc1. The monoisotopic (exact) mass is 305 g/mol. The van der Waals surface area contributed by atoms with E-state index < -0.39 is 0 Å². The predicted octanol–water partition coefficient (Wildman–Crippen LogP) is 2.62. The van der Waals surface area contributed by atoms with Crippen molar-refractivity contribution in [2.45, 2.75) is 25.2 Å². The Morgan fingerprint density at radius 1 is 1.14 bits per heavy atom. The zero-order valence-electron chi connectivity index (χ0n) is 12.6. The van der Waals surface area contributed by atoms with Crippen molar-refractivity contribution in [3.8, 4) is 0 Å². The van der Waals surface area contributed by atoms with Crippen LogP contribution in [0.1, 0.15) is 24.0 Å². The van der Waals surface area contributed by atoms with Crippen LogP contribution in [0.5, 0.6) is 0 Å². The molecule has 2 aliphatic rings. The summed E-state index contributed by atoms with van der Waals surface area (Å²) in [6, 6.07) is 8.51. The third-order valence-corrected chi connectivity index (χ3v) is 5.60. The number of carbonyl (C=O) groups excluding carboxylic acids is 1. The second-order valence-electron chi connectivity index (χ2n) is 5.97. The highest BCUT2D eigenvalue weighted by Crippen LogP contribution is 2.37. The maximum atomic E-state index is 13.2. The smallest absolute Gasteiger partial charge is 0.233 e. The van der Waals surface area contributed by atoms with E-state index in [1.807, 2.05) is 11.8 Å². The molecule has 114 valence electrons. The van der Waals surface area contributed by atoms with E-state index in [2.05, 4.69) is 36.1 Å². The van der Waals surface area contributed by atoms with Gasteiger partial charge in [-0.25, -0.2) is 0 Å². The molecule has 4 heteroatoms. The molecule has 0 bridgehead atoms. The first kappa shape index (κ1) is 14.9. The highest BCUT2D eigenvalue weighted by Gasteiger charge is 2.44. The van der Waals surface area contributed by atoms with E-state index >= 15 is 0 Å². The Labute approximate surface area is 131 Å². The van der Waals surface area contributed by atoms with Crippen LogP contribution in [0, 0.1) is 6.92 Å². The predicted molar refractivity (Wildman–Crippen MR) is 86.8 cm³/mol. The van der Waals surface area contributed by atoms with E-state index in [-0.39, 0.29) is 5.41 Å². The maximum absolute atomic E-state index is 13.2. The Balaban J connectivity index is 1.92. The van der Waals surface area contributed by atoms with E-state index in [0.29, 0.717) is 19.1 Å². The molecule has 0 aromatic heterocycles. The van der Waals surface area contributed by atoms with Crippen LogP contribution in [-0.4, -0.2) is 48.6 Å². The summed E-state index contributed by atoms with van der Waals surface area (Å²) in [5, 5.41) is 0. The van der Waals surface area contributed by atoms with E-state index in [1.54, 1.807) is 0 Å². The highest BCUT2D eigenvalue weighted by molar-refractivity contribution is 7.99. The van der Waals surface area contributed by atoms with Crippen molar-refractivity contribution in [3.05, 3.63) is 35.4 Å². The molecule has 0 radical (unpaired) electrons. The minimum atomic E-state index is -0.367. The molecule has 3 rings (SSSR count). The highest BCUT2D eigenvalue weighted by atomic mass is 32.2. The van der Waals surface area contributed by atoms with Gasteiger partial charge < -0.3 is 9.64 Å². The van der Waals surface area contributed by atoms with Crippen LogP contribution < -0.4 is 0 Å². The number of hydrogen-bond donors (Lipinski definition) is 0. The molecule has 0 aliphatic carbocycles. The molecule has 0 N–H and O–H groups in total. The van der Waals surface area contributed by atoms with Crippen LogP contribution in [0.3, 0.4) is 0 Å². The van der Waals surface area contributed by atoms with Gasteiger partial charge >= 0.3 is 0 Å². The molecule has 3 nitrogen and oxygen atoms in total. The van der Waals surface area contributed by atoms with Gasteiger partial charge in [-0.05, 0) is 25.3 Å². The fraction of sp³-hybridized carbons (Fsp3) is 0.588. The first-order chi connectivity index (χ1) is 10.2. The van der Waals surface area contributed by atoms with E-state index in [4.69, 9.17) is 4.74 Å². The fourth-order valence-electron chi connectivity index (χ4n) is 3.29. The molecule has 0 spiro atoms. The molecule has 0 atom stereocenters. The van der Waals surface area contributed by atoms with Crippen LogP contribution in [0.15, 0.2) is 24.3 Å². The Bertz CT molecular complexity index is 488. The summed E-state index contributed by atoms with van der Waals surface area (Å²) in [6.07, 6.45) is 1.61. The molecule has 2 fully saturated rings. The lowest BCUT2D eigenvalue weighted by atomic mass is 9.72. The summed E-state index contributed by atoms with van der Waals surface area (Å²) in [7, 11) is 0. The molecule has 2 aliphatic heterocycles. The van der Waals surface area contributed by atoms with Crippen molar-refractivity contribution in [2.24, 2.45) is 0 Å². The first-order valence-electron chi connectivity index (χ1n) is 7.74. The quantitative estimate of drug-likeness (QED) is 0.841. The van der Waals surface area contributed by atoms with Gasteiger partial charge in [-0.2, -0.15) is 11.8 Å². The van der Waals surface area contributed by atoms with Gasteiger partial charge in [0.15, 0.2) is 0 Å². The summed E-state index contributed by atoms with van der Waals surface area (Å²) >= 11 is 1.94. The Hall–Kier alpha value is -1.00. The summed E-state index contributed by atoms with van der Waals surface area (Å²) in [5.41, 5.74) is 2.04. The fourth-order valence-corrected chi connectivity index (χ4v) is 4.19. The van der Waals surface area contributed by atoms with Crippen molar-refractivity contribution < 1.29 is 9.53 Å². The summed E-state index contributed by atoms with van der Waals surface area (Å²) in [4.78, 5) is 15.3. The number of amides is 1. The number of ether oxygens (including phenoxy) is 1. The maximum Gasteiger partial charge on any atom is 0.233 e.